The Morgan fingerprint density at radius 2 is 1.76 bits per heavy atom. The van der Waals surface area contributed by atoms with Crippen LogP contribution in [0.2, 0.25) is 0 Å². The van der Waals surface area contributed by atoms with Gasteiger partial charge in [0.2, 0.25) is 0 Å². The number of rotatable bonds is 2. The van der Waals surface area contributed by atoms with Gasteiger partial charge in [0.05, 0.1) is 12.3 Å². The summed E-state index contributed by atoms with van der Waals surface area (Å²) < 4.78 is 0. The number of benzene rings is 3. The second-order valence-corrected chi connectivity index (χ2v) is 5.35. The van der Waals surface area contributed by atoms with Crippen molar-refractivity contribution in [1.29, 1.82) is 0 Å². The monoisotopic (exact) mass is 269 g/mol. The summed E-state index contributed by atoms with van der Waals surface area (Å²) in [4.78, 5) is 4.74. The van der Waals surface area contributed by atoms with E-state index in [1.807, 2.05) is 12.1 Å². The predicted molar refractivity (Wildman–Crippen MR) is 89.8 cm³/mol. The van der Waals surface area contributed by atoms with E-state index in [9.17, 15) is 0 Å². The molecule has 0 fully saturated rings. The first kappa shape index (κ1) is 12.1. The topological polar surface area (TPSA) is 12.4 Å². The molecule has 4 rings (SSSR count). The minimum Gasteiger partial charge on any atom is -0.279 e. The van der Waals surface area contributed by atoms with Crippen LogP contribution < -0.4 is 0 Å². The number of fused-ring (bicyclic) bond motifs is 2. The quantitative estimate of drug-likeness (QED) is 0.631. The maximum atomic E-state index is 4.74. The summed E-state index contributed by atoms with van der Waals surface area (Å²) in [6, 6.07) is 21.4. The molecular weight excluding hydrogens is 254 g/mol. The summed E-state index contributed by atoms with van der Waals surface area (Å²) in [7, 11) is 0. The van der Waals surface area contributed by atoms with E-state index < -0.39 is 0 Å². The minimum atomic E-state index is 0.772. The van der Waals surface area contributed by atoms with Crippen molar-refractivity contribution >= 4 is 22.6 Å². The molecule has 1 heterocycles. The molecule has 3 aromatic rings. The highest BCUT2D eigenvalue weighted by atomic mass is 14.8. The molecule has 0 saturated heterocycles. The molecule has 3 aromatic carbocycles. The van der Waals surface area contributed by atoms with E-state index in [0.29, 0.717) is 0 Å². The number of hydrogen-bond donors (Lipinski definition) is 0. The van der Waals surface area contributed by atoms with E-state index in [1.165, 1.54) is 27.5 Å². The van der Waals surface area contributed by atoms with Crippen LogP contribution in [0.5, 0.6) is 0 Å². The number of nitrogens with zero attached hydrogens (tertiary/aromatic N) is 1. The van der Waals surface area contributed by atoms with Gasteiger partial charge >= 0.3 is 0 Å². The van der Waals surface area contributed by atoms with Crippen LogP contribution >= 0.6 is 0 Å². The van der Waals surface area contributed by atoms with Crippen LogP contribution in [0.15, 0.2) is 72.2 Å². The second kappa shape index (κ2) is 4.71. The molecule has 1 heteroatoms. The number of aliphatic imine (C=N–C) groups is 1. The average Bonchev–Trinajstić information content (AvgIpc) is 2.95. The Bertz CT molecular complexity index is 873. The third-order valence-electron chi connectivity index (χ3n) is 4.03. The molecule has 0 spiro atoms. The smallest absolute Gasteiger partial charge is 0.0726 e. The van der Waals surface area contributed by atoms with E-state index in [4.69, 9.17) is 4.99 Å². The lowest BCUT2D eigenvalue weighted by Gasteiger charge is -2.07. The fraction of sp³-hybridized carbons (Fsp3) is 0.0500. The van der Waals surface area contributed by atoms with Gasteiger partial charge in [0, 0.05) is 11.1 Å². The van der Waals surface area contributed by atoms with Gasteiger partial charge in [-0.15, -0.1) is 0 Å². The first-order chi connectivity index (χ1) is 10.3. The van der Waals surface area contributed by atoms with Gasteiger partial charge in [0.25, 0.3) is 0 Å². The van der Waals surface area contributed by atoms with E-state index >= 15 is 0 Å². The SMILES string of the molecule is C=Cc1ccc2cc3c(cc2c1)CN=C3c1ccccc1. The maximum absolute atomic E-state index is 4.74. The zero-order chi connectivity index (χ0) is 14.2. The van der Waals surface area contributed by atoms with Gasteiger partial charge in [-0.3, -0.25) is 4.99 Å². The second-order valence-electron chi connectivity index (χ2n) is 5.35. The van der Waals surface area contributed by atoms with Crippen molar-refractivity contribution in [3.63, 3.8) is 0 Å². The van der Waals surface area contributed by atoms with Crippen molar-refractivity contribution in [1.82, 2.24) is 0 Å². The normalized spacial score (nSPS) is 13.0. The molecule has 0 bridgehead atoms. The summed E-state index contributed by atoms with van der Waals surface area (Å²) in [5, 5.41) is 2.51. The Kier molecular flexibility index (Phi) is 2.71. The van der Waals surface area contributed by atoms with Gasteiger partial charge in [-0.1, -0.05) is 55.1 Å². The molecule has 0 aromatic heterocycles. The summed E-state index contributed by atoms with van der Waals surface area (Å²) in [5.41, 5.74) is 6.03. The molecule has 1 nitrogen and oxygen atoms in total. The van der Waals surface area contributed by atoms with E-state index in [0.717, 1.165) is 17.8 Å². The lowest BCUT2D eigenvalue weighted by Crippen LogP contribution is -2.00. The highest BCUT2D eigenvalue weighted by Crippen LogP contribution is 2.28. The standard InChI is InChI=1S/C20H15N/c1-2-14-8-9-16-12-19-18(11-17(16)10-14)13-21-20(19)15-6-4-3-5-7-15/h2-12H,1,13H2. The molecule has 0 unspecified atom stereocenters. The molecule has 1 aliphatic rings. The molecule has 0 N–H and O–H groups in total. The van der Waals surface area contributed by atoms with Crippen LogP contribution in [0.3, 0.4) is 0 Å². The lowest BCUT2D eigenvalue weighted by atomic mass is 9.95. The van der Waals surface area contributed by atoms with Crippen molar-refractivity contribution in [2.45, 2.75) is 6.54 Å². The third-order valence-corrected chi connectivity index (χ3v) is 4.03. The van der Waals surface area contributed by atoms with Gasteiger partial charge in [-0.25, -0.2) is 0 Å². The molecule has 1 aliphatic heterocycles. The van der Waals surface area contributed by atoms with Crippen molar-refractivity contribution < 1.29 is 0 Å². The van der Waals surface area contributed by atoms with Gasteiger partial charge in [0.15, 0.2) is 0 Å². The Balaban J connectivity index is 1.88. The van der Waals surface area contributed by atoms with Gasteiger partial charge in [-0.05, 0) is 40.1 Å². The van der Waals surface area contributed by atoms with Crippen LogP contribution in [-0.2, 0) is 6.54 Å². The van der Waals surface area contributed by atoms with E-state index in [1.54, 1.807) is 0 Å². The highest BCUT2D eigenvalue weighted by molar-refractivity contribution is 6.16. The van der Waals surface area contributed by atoms with Gasteiger partial charge in [0.1, 0.15) is 0 Å². The van der Waals surface area contributed by atoms with Crippen LogP contribution in [-0.4, -0.2) is 5.71 Å². The van der Waals surface area contributed by atoms with Crippen LogP contribution in [0.1, 0.15) is 22.3 Å². The van der Waals surface area contributed by atoms with Gasteiger partial charge < -0.3 is 0 Å². The fourth-order valence-corrected chi connectivity index (χ4v) is 2.93. The molecule has 21 heavy (non-hydrogen) atoms. The predicted octanol–water partition coefficient (Wildman–Crippen LogP) is 4.83. The molecule has 0 radical (unpaired) electrons. The lowest BCUT2D eigenvalue weighted by molar-refractivity contribution is 1.11. The Hall–Kier alpha value is -2.67. The summed E-state index contributed by atoms with van der Waals surface area (Å²) >= 11 is 0. The molecule has 0 amide bonds. The van der Waals surface area contributed by atoms with Gasteiger partial charge in [-0.2, -0.15) is 0 Å². The summed E-state index contributed by atoms with van der Waals surface area (Å²) in [6.45, 7) is 4.61. The average molecular weight is 269 g/mol. The Morgan fingerprint density at radius 3 is 2.57 bits per heavy atom. The van der Waals surface area contributed by atoms with E-state index in [-0.39, 0.29) is 0 Å². The van der Waals surface area contributed by atoms with Crippen molar-refractivity contribution in [2.24, 2.45) is 4.99 Å². The first-order valence-corrected chi connectivity index (χ1v) is 7.14. The highest BCUT2D eigenvalue weighted by Gasteiger charge is 2.17. The molecule has 100 valence electrons. The van der Waals surface area contributed by atoms with Crippen LogP contribution in [0.25, 0.3) is 16.8 Å². The number of hydrogen-bond acceptors (Lipinski definition) is 1. The zero-order valence-electron chi connectivity index (χ0n) is 11.7. The van der Waals surface area contributed by atoms with E-state index in [2.05, 4.69) is 61.2 Å². The largest absolute Gasteiger partial charge is 0.279 e. The third kappa shape index (κ3) is 1.98. The van der Waals surface area contributed by atoms with Crippen molar-refractivity contribution in [2.75, 3.05) is 0 Å². The zero-order valence-corrected chi connectivity index (χ0v) is 11.7. The van der Waals surface area contributed by atoms with Crippen LogP contribution in [0, 0.1) is 0 Å². The fourth-order valence-electron chi connectivity index (χ4n) is 2.93. The summed E-state index contributed by atoms with van der Waals surface area (Å²) in [5.74, 6) is 0. The molecular formula is C20H15N. The Labute approximate surface area is 124 Å². The van der Waals surface area contributed by atoms with Crippen molar-refractivity contribution in [3.05, 3.63) is 89.5 Å². The minimum absolute atomic E-state index is 0.772. The first-order valence-electron chi connectivity index (χ1n) is 7.14. The maximum Gasteiger partial charge on any atom is 0.0726 e. The molecule has 0 saturated carbocycles. The van der Waals surface area contributed by atoms with Crippen LogP contribution in [0.4, 0.5) is 0 Å². The Morgan fingerprint density at radius 1 is 0.905 bits per heavy atom. The molecule has 0 atom stereocenters. The molecule has 0 aliphatic carbocycles. The van der Waals surface area contributed by atoms with Crippen molar-refractivity contribution in [3.8, 4) is 0 Å². The summed E-state index contributed by atoms with van der Waals surface area (Å²) in [6.07, 6.45) is 1.89.